The van der Waals surface area contributed by atoms with Gasteiger partial charge in [0.05, 0.1) is 0 Å². The second-order valence-electron chi connectivity index (χ2n) is 5.50. The molecule has 1 heteroatoms. The van der Waals surface area contributed by atoms with Crippen molar-refractivity contribution >= 4 is 11.0 Å². The van der Waals surface area contributed by atoms with Crippen molar-refractivity contribution in [3.05, 3.63) is 84.4 Å². The summed E-state index contributed by atoms with van der Waals surface area (Å²) in [5.41, 5.74) is 5.70. The first-order valence-electron chi connectivity index (χ1n) is 7.47. The Balaban J connectivity index is 1.89. The number of rotatable bonds is 2. The van der Waals surface area contributed by atoms with Gasteiger partial charge in [0.1, 0.15) is 11.3 Å². The van der Waals surface area contributed by atoms with Crippen molar-refractivity contribution < 1.29 is 4.42 Å². The van der Waals surface area contributed by atoms with Crippen LogP contribution in [0.25, 0.3) is 33.4 Å². The van der Waals surface area contributed by atoms with Gasteiger partial charge in [-0.25, -0.2) is 0 Å². The number of fused-ring (bicyclic) bond motifs is 1. The standard InChI is InChI=1S/C21H16O/c1-15-19-14-18(16-8-4-2-5-9-16)12-13-20(19)22-21(15)17-10-6-3-7-11-17/h2-14H,1H3. The van der Waals surface area contributed by atoms with E-state index >= 15 is 0 Å². The molecule has 1 heterocycles. The molecule has 0 fully saturated rings. The van der Waals surface area contributed by atoms with Gasteiger partial charge in [-0.1, -0.05) is 66.7 Å². The van der Waals surface area contributed by atoms with Gasteiger partial charge in [-0.15, -0.1) is 0 Å². The van der Waals surface area contributed by atoms with Crippen LogP contribution in [-0.4, -0.2) is 0 Å². The third kappa shape index (κ3) is 2.11. The molecule has 0 bridgehead atoms. The summed E-state index contributed by atoms with van der Waals surface area (Å²) in [6.07, 6.45) is 0. The molecular weight excluding hydrogens is 268 g/mol. The molecule has 0 radical (unpaired) electrons. The minimum absolute atomic E-state index is 0.941. The zero-order valence-corrected chi connectivity index (χ0v) is 12.4. The molecular formula is C21H16O. The maximum absolute atomic E-state index is 6.08. The van der Waals surface area contributed by atoms with E-state index in [1.54, 1.807) is 0 Å². The maximum atomic E-state index is 6.08. The van der Waals surface area contributed by atoms with E-state index in [1.807, 2.05) is 24.3 Å². The van der Waals surface area contributed by atoms with Gasteiger partial charge in [0, 0.05) is 16.5 Å². The topological polar surface area (TPSA) is 13.1 Å². The fraction of sp³-hybridized carbons (Fsp3) is 0.0476. The first kappa shape index (κ1) is 12.9. The zero-order valence-electron chi connectivity index (χ0n) is 12.4. The molecule has 3 aromatic carbocycles. The van der Waals surface area contributed by atoms with Crippen molar-refractivity contribution in [1.82, 2.24) is 0 Å². The second-order valence-corrected chi connectivity index (χ2v) is 5.50. The van der Waals surface area contributed by atoms with Gasteiger partial charge in [0.2, 0.25) is 0 Å². The minimum atomic E-state index is 0.941. The highest BCUT2D eigenvalue weighted by Gasteiger charge is 2.12. The number of benzene rings is 3. The van der Waals surface area contributed by atoms with Crippen LogP contribution in [0.1, 0.15) is 5.56 Å². The van der Waals surface area contributed by atoms with E-state index in [0.717, 1.165) is 16.9 Å². The van der Waals surface area contributed by atoms with Gasteiger partial charge >= 0.3 is 0 Å². The normalized spacial score (nSPS) is 11.0. The van der Waals surface area contributed by atoms with E-state index in [9.17, 15) is 0 Å². The quantitative estimate of drug-likeness (QED) is 0.435. The lowest BCUT2D eigenvalue weighted by Gasteiger charge is -2.01. The van der Waals surface area contributed by atoms with Crippen molar-refractivity contribution in [2.75, 3.05) is 0 Å². The van der Waals surface area contributed by atoms with Gasteiger partial charge in [-0.2, -0.15) is 0 Å². The average Bonchev–Trinajstić information content (AvgIpc) is 2.93. The predicted octanol–water partition coefficient (Wildman–Crippen LogP) is 6.08. The molecule has 0 N–H and O–H groups in total. The van der Waals surface area contributed by atoms with E-state index in [1.165, 1.54) is 22.1 Å². The van der Waals surface area contributed by atoms with Gasteiger partial charge in [0.25, 0.3) is 0 Å². The van der Waals surface area contributed by atoms with Gasteiger partial charge < -0.3 is 4.42 Å². The summed E-state index contributed by atoms with van der Waals surface area (Å²) in [6.45, 7) is 2.13. The minimum Gasteiger partial charge on any atom is -0.456 e. The highest BCUT2D eigenvalue weighted by atomic mass is 16.3. The Bertz CT molecular complexity index is 918. The Hall–Kier alpha value is -2.80. The molecule has 0 aliphatic carbocycles. The third-order valence-electron chi connectivity index (χ3n) is 4.08. The average molecular weight is 284 g/mol. The molecule has 0 aliphatic heterocycles. The summed E-state index contributed by atoms with van der Waals surface area (Å²) in [5, 5.41) is 1.18. The van der Waals surface area contributed by atoms with Crippen molar-refractivity contribution in [1.29, 1.82) is 0 Å². The molecule has 106 valence electrons. The largest absolute Gasteiger partial charge is 0.456 e. The van der Waals surface area contributed by atoms with E-state index in [0.29, 0.717) is 0 Å². The number of hydrogen-bond acceptors (Lipinski definition) is 1. The van der Waals surface area contributed by atoms with Gasteiger partial charge in [-0.3, -0.25) is 0 Å². The smallest absolute Gasteiger partial charge is 0.138 e. The van der Waals surface area contributed by atoms with Crippen LogP contribution in [0.4, 0.5) is 0 Å². The Morgan fingerprint density at radius 3 is 1.95 bits per heavy atom. The van der Waals surface area contributed by atoms with Crippen molar-refractivity contribution in [2.24, 2.45) is 0 Å². The van der Waals surface area contributed by atoms with Gasteiger partial charge in [0.15, 0.2) is 0 Å². The fourth-order valence-electron chi connectivity index (χ4n) is 2.90. The van der Waals surface area contributed by atoms with Crippen LogP contribution < -0.4 is 0 Å². The van der Waals surface area contributed by atoms with E-state index in [2.05, 4.69) is 61.5 Å². The second kappa shape index (κ2) is 5.19. The first-order chi connectivity index (χ1) is 10.8. The van der Waals surface area contributed by atoms with E-state index in [4.69, 9.17) is 4.42 Å². The highest BCUT2D eigenvalue weighted by molar-refractivity contribution is 5.91. The van der Waals surface area contributed by atoms with Crippen LogP contribution in [0.2, 0.25) is 0 Å². The summed E-state index contributed by atoms with van der Waals surface area (Å²) >= 11 is 0. The highest BCUT2D eigenvalue weighted by Crippen LogP contribution is 2.35. The summed E-state index contributed by atoms with van der Waals surface area (Å²) in [4.78, 5) is 0. The SMILES string of the molecule is Cc1c(-c2ccccc2)oc2ccc(-c3ccccc3)cc12. The summed E-state index contributed by atoms with van der Waals surface area (Å²) in [5.74, 6) is 0.959. The lowest BCUT2D eigenvalue weighted by atomic mass is 10.0. The number of aryl methyl sites for hydroxylation is 1. The monoisotopic (exact) mass is 284 g/mol. The Morgan fingerprint density at radius 1 is 0.636 bits per heavy atom. The van der Waals surface area contributed by atoms with Crippen LogP contribution in [0.5, 0.6) is 0 Å². The van der Waals surface area contributed by atoms with Gasteiger partial charge in [-0.05, 0) is 30.2 Å². The Kier molecular flexibility index (Phi) is 3.05. The molecule has 0 unspecified atom stereocenters. The fourth-order valence-corrected chi connectivity index (χ4v) is 2.90. The lowest BCUT2D eigenvalue weighted by molar-refractivity contribution is 0.629. The van der Waals surface area contributed by atoms with Crippen LogP contribution in [0.15, 0.2) is 83.3 Å². The predicted molar refractivity (Wildman–Crippen MR) is 91.8 cm³/mol. The summed E-state index contributed by atoms with van der Waals surface area (Å²) < 4.78 is 6.08. The third-order valence-corrected chi connectivity index (χ3v) is 4.08. The van der Waals surface area contributed by atoms with Crippen molar-refractivity contribution in [3.63, 3.8) is 0 Å². The first-order valence-corrected chi connectivity index (χ1v) is 7.47. The number of furan rings is 1. The van der Waals surface area contributed by atoms with Crippen LogP contribution in [-0.2, 0) is 0 Å². The molecule has 0 saturated heterocycles. The molecule has 0 spiro atoms. The van der Waals surface area contributed by atoms with Crippen molar-refractivity contribution in [2.45, 2.75) is 6.92 Å². The molecule has 0 aliphatic rings. The molecule has 0 amide bonds. The Morgan fingerprint density at radius 2 is 1.27 bits per heavy atom. The van der Waals surface area contributed by atoms with E-state index < -0.39 is 0 Å². The van der Waals surface area contributed by atoms with E-state index in [-0.39, 0.29) is 0 Å². The summed E-state index contributed by atoms with van der Waals surface area (Å²) in [7, 11) is 0. The molecule has 22 heavy (non-hydrogen) atoms. The lowest BCUT2D eigenvalue weighted by Crippen LogP contribution is -1.78. The molecule has 1 nitrogen and oxygen atoms in total. The summed E-state index contributed by atoms with van der Waals surface area (Å²) in [6, 6.07) is 27.1. The van der Waals surface area contributed by atoms with Crippen molar-refractivity contribution in [3.8, 4) is 22.5 Å². The molecule has 1 aromatic heterocycles. The maximum Gasteiger partial charge on any atom is 0.138 e. The van der Waals surface area contributed by atoms with Crippen LogP contribution in [0, 0.1) is 6.92 Å². The van der Waals surface area contributed by atoms with Crippen LogP contribution in [0.3, 0.4) is 0 Å². The Labute approximate surface area is 129 Å². The molecule has 0 atom stereocenters. The number of hydrogen-bond donors (Lipinski definition) is 0. The molecule has 4 aromatic rings. The molecule has 0 saturated carbocycles. The molecule has 4 rings (SSSR count). The van der Waals surface area contributed by atoms with Crippen LogP contribution >= 0.6 is 0 Å². The zero-order chi connectivity index (χ0) is 14.9.